The highest BCUT2D eigenvalue weighted by atomic mass is 19.2. The fraction of sp³-hybridized carbons (Fsp3) is 0.533. The zero-order valence-corrected chi connectivity index (χ0v) is 12.3. The number of hydrogen-bond donors (Lipinski definition) is 1. The highest BCUT2D eigenvalue weighted by molar-refractivity contribution is 5.90. The van der Waals surface area contributed by atoms with E-state index >= 15 is 0 Å². The van der Waals surface area contributed by atoms with Gasteiger partial charge in [-0.25, -0.2) is 13.6 Å². The zero-order chi connectivity index (χ0) is 15.4. The number of esters is 1. The van der Waals surface area contributed by atoms with Gasteiger partial charge in [-0.15, -0.1) is 0 Å². The molecule has 0 aliphatic carbocycles. The number of benzene rings is 1. The molecule has 1 heterocycles. The van der Waals surface area contributed by atoms with E-state index in [1.54, 1.807) is 11.9 Å². The van der Waals surface area contributed by atoms with Crippen LogP contribution in [0.1, 0.15) is 29.6 Å². The quantitative estimate of drug-likeness (QED) is 0.866. The monoisotopic (exact) mass is 298 g/mol. The third-order valence-electron chi connectivity index (χ3n) is 3.79. The maximum Gasteiger partial charge on any atom is 0.340 e. The van der Waals surface area contributed by atoms with E-state index in [9.17, 15) is 13.6 Å². The number of carbonyl (C=O) groups excluding carboxylic acids is 1. The molecule has 0 saturated carbocycles. The Hall–Kier alpha value is -1.69. The lowest BCUT2D eigenvalue weighted by Crippen LogP contribution is -2.42. The summed E-state index contributed by atoms with van der Waals surface area (Å²) < 4.78 is 32.5. The van der Waals surface area contributed by atoms with Gasteiger partial charge in [-0.2, -0.15) is 0 Å². The lowest BCUT2D eigenvalue weighted by atomic mass is 10.0. The second-order valence-electron chi connectivity index (χ2n) is 5.28. The number of likely N-dealkylation sites (N-methyl/N-ethyl adjacent to an activating group) is 1. The summed E-state index contributed by atoms with van der Waals surface area (Å²) >= 11 is 0. The van der Waals surface area contributed by atoms with Crippen molar-refractivity contribution in [1.29, 1.82) is 0 Å². The standard InChI is InChI=1S/C15H20F2N2O2/c1-19(9-10-5-3-4-8-18-10)12-7-6-11(15(20)21-2)13(16)14(12)17/h6-7,10,18H,3-5,8-9H2,1-2H3. The van der Waals surface area contributed by atoms with Crippen LogP contribution in [0, 0.1) is 11.6 Å². The molecule has 1 N–H and O–H groups in total. The molecule has 0 amide bonds. The molecule has 1 unspecified atom stereocenters. The number of halogens is 2. The average molecular weight is 298 g/mol. The first-order chi connectivity index (χ1) is 10.0. The third kappa shape index (κ3) is 3.50. The first-order valence-corrected chi connectivity index (χ1v) is 7.05. The zero-order valence-electron chi connectivity index (χ0n) is 12.3. The summed E-state index contributed by atoms with van der Waals surface area (Å²) in [5.41, 5.74) is -0.240. The van der Waals surface area contributed by atoms with Crippen LogP contribution in [0.2, 0.25) is 0 Å². The fourth-order valence-electron chi connectivity index (χ4n) is 2.61. The lowest BCUT2D eigenvalue weighted by molar-refractivity contribution is 0.0594. The van der Waals surface area contributed by atoms with Gasteiger partial charge in [-0.05, 0) is 31.5 Å². The van der Waals surface area contributed by atoms with Crippen LogP contribution in [0.3, 0.4) is 0 Å². The maximum atomic E-state index is 14.1. The van der Waals surface area contributed by atoms with Gasteiger partial charge < -0.3 is 15.0 Å². The molecule has 0 radical (unpaired) electrons. The van der Waals surface area contributed by atoms with Crippen LogP contribution >= 0.6 is 0 Å². The van der Waals surface area contributed by atoms with E-state index in [1.807, 2.05) is 0 Å². The number of piperidine rings is 1. The summed E-state index contributed by atoms with van der Waals surface area (Å²) in [5, 5.41) is 3.36. The van der Waals surface area contributed by atoms with Gasteiger partial charge in [0.25, 0.3) is 0 Å². The minimum absolute atomic E-state index is 0.146. The molecule has 2 rings (SSSR count). The Labute approximate surface area is 123 Å². The Balaban J connectivity index is 2.15. The first kappa shape index (κ1) is 15.7. The number of anilines is 1. The summed E-state index contributed by atoms with van der Waals surface area (Å²) in [6.07, 6.45) is 3.31. The molecule has 1 aromatic carbocycles. The van der Waals surface area contributed by atoms with Crippen molar-refractivity contribution in [2.45, 2.75) is 25.3 Å². The van der Waals surface area contributed by atoms with E-state index in [2.05, 4.69) is 10.1 Å². The first-order valence-electron chi connectivity index (χ1n) is 7.05. The smallest absolute Gasteiger partial charge is 0.340 e. The fourth-order valence-corrected chi connectivity index (χ4v) is 2.61. The number of rotatable bonds is 4. The summed E-state index contributed by atoms with van der Waals surface area (Å²) in [5.74, 6) is -3.06. The van der Waals surface area contributed by atoms with Gasteiger partial charge in [-0.1, -0.05) is 6.42 Å². The number of hydrogen-bond acceptors (Lipinski definition) is 4. The second-order valence-corrected chi connectivity index (χ2v) is 5.28. The molecule has 21 heavy (non-hydrogen) atoms. The van der Waals surface area contributed by atoms with E-state index < -0.39 is 17.6 Å². The van der Waals surface area contributed by atoms with Crippen molar-refractivity contribution in [2.75, 3.05) is 32.1 Å². The predicted molar refractivity (Wildman–Crippen MR) is 76.6 cm³/mol. The summed E-state index contributed by atoms with van der Waals surface area (Å²) in [7, 11) is 2.85. The molecule has 4 nitrogen and oxygen atoms in total. The number of methoxy groups -OCH3 is 1. The summed E-state index contributed by atoms with van der Waals surface area (Å²) in [6.45, 7) is 1.55. The molecule has 1 aromatic rings. The van der Waals surface area contributed by atoms with Crippen molar-refractivity contribution < 1.29 is 18.3 Å². The maximum absolute atomic E-state index is 14.1. The number of nitrogens with one attached hydrogen (secondary N) is 1. The predicted octanol–water partition coefficient (Wildman–Crippen LogP) is 2.33. The van der Waals surface area contributed by atoms with Crippen LogP contribution in [0.25, 0.3) is 0 Å². The van der Waals surface area contributed by atoms with E-state index in [4.69, 9.17) is 0 Å². The molecule has 1 aliphatic rings. The Morgan fingerprint density at radius 1 is 1.38 bits per heavy atom. The summed E-state index contributed by atoms with van der Waals surface area (Å²) in [4.78, 5) is 13.0. The molecule has 0 bridgehead atoms. The summed E-state index contributed by atoms with van der Waals surface area (Å²) in [6, 6.07) is 2.93. The molecule has 0 spiro atoms. The third-order valence-corrected chi connectivity index (χ3v) is 3.79. The molecule has 1 saturated heterocycles. The Morgan fingerprint density at radius 2 is 2.14 bits per heavy atom. The SMILES string of the molecule is COC(=O)c1ccc(N(C)CC2CCCCN2)c(F)c1F. The van der Waals surface area contributed by atoms with Crippen molar-refractivity contribution in [2.24, 2.45) is 0 Å². The molecular formula is C15H20F2N2O2. The van der Waals surface area contributed by atoms with Crippen LogP contribution < -0.4 is 10.2 Å². The normalized spacial score (nSPS) is 18.4. The van der Waals surface area contributed by atoms with Gasteiger partial charge >= 0.3 is 5.97 Å². The van der Waals surface area contributed by atoms with Crippen molar-refractivity contribution in [3.63, 3.8) is 0 Å². The van der Waals surface area contributed by atoms with Crippen molar-refractivity contribution in [3.05, 3.63) is 29.3 Å². The molecule has 1 fully saturated rings. The minimum atomic E-state index is -1.16. The largest absolute Gasteiger partial charge is 0.465 e. The average Bonchev–Trinajstić information content (AvgIpc) is 2.50. The molecule has 6 heteroatoms. The number of nitrogens with zero attached hydrogens (tertiary/aromatic N) is 1. The highest BCUT2D eigenvalue weighted by Crippen LogP contribution is 2.24. The molecule has 1 aliphatic heterocycles. The Bertz CT molecular complexity index is 517. The molecule has 1 atom stereocenters. The van der Waals surface area contributed by atoms with E-state index in [-0.39, 0.29) is 17.3 Å². The molecular weight excluding hydrogens is 278 g/mol. The van der Waals surface area contributed by atoms with Crippen LogP contribution in [-0.4, -0.2) is 39.3 Å². The van der Waals surface area contributed by atoms with Gasteiger partial charge in [-0.3, -0.25) is 0 Å². The molecule has 116 valence electrons. The second kappa shape index (κ2) is 6.85. The van der Waals surface area contributed by atoms with Crippen LogP contribution in [0.4, 0.5) is 14.5 Å². The Kier molecular flexibility index (Phi) is 5.12. The van der Waals surface area contributed by atoms with Crippen LogP contribution in [0.15, 0.2) is 12.1 Å². The molecule has 0 aromatic heterocycles. The van der Waals surface area contributed by atoms with Crippen LogP contribution in [-0.2, 0) is 4.74 Å². The number of ether oxygens (including phenoxy) is 1. The lowest BCUT2D eigenvalue weighted by Gasteiger charge is -2.29. The highest BCUT2D eigenvalue weighted by Gasteiger charge is 2.22. The van der Waals surface area contributed by atoms with E-state index in [0.717, 1.165) is 32.9 Å². The van der Waals surface area contributed by atoms with Crippen molar-refractivity contribution in [1.82, 2.24) is 5.32 Å². The van der Waals surface area contributed by atoms with Crippen molar-refractivity contribution >= 4 is 11.7 Å². The van der Waals surface area contributed by atoms with E-state index in [0.29, 0.717) is 6.54 Å². The van der Waals surface area contributed by atoms with Gasteiger partial charge in [0.1, 0.15) is 0 Å². The van der Waals surface area contributed by atoms with Gasteiger partial charge in [0.2, 0.25) is 0 Å². The van der Waals surface area contributed by atoms with Crippen LogP contribution in [0.5, 0.6) is 0 Å². The number of carbonyl (C=O) groups is 1. The van der Waals surface area contributed by atoms with Gasteiger partial charge in [0, 0.05) is 19.6 Å². The Morgan fingerprint density at radius 3 is 2.76 bits per heavy atom. The topological polar surface area (TPSA) is 41.6 Å². The minimum Gasteiger partial charge on any atom is -0.465 e. The van der Waals surface area contributed by atoms with Gasteiger partial charge in [0.15, 0.2) is 11.6 Å². The van der Waals surface area contributed by atoms with E-state index in [1.165, 1.54) is 12.1 Å². The van der Waals surface area contributed by atoms with Gasteiger partial charge in [0.05, 0.1) is 18.4 Å². The van der Waals surface area contributed by atoms with Crippen molar-refractivity contribution in [3.8, 4) is 0 Å².